The average Bonchev–Trinajstić information content (AvgIpc) is 3.29. The molecule has 1 saturated heterocycles. The number of aromatic nitrogens is 1. The topological polar surface area (TPSA) is 74.3 Å². The molecule has 1 saturated carbocycles. The number of likely N-dealkylation sites (tertiary alicyclic amines) is 1. The first-order valence-electron chi connectivity index (χ1n) is 8.32. The number of rotatable bonds is 5. The van der Waals surface area contributed by atoms with Gasteiger partial charge >= 0.3 is 6.03 Å². The van der Waals surface area contributed by atoms with E-state index in [9.17, 15) is 9.59 Å². The summed E-state index contributed by atoms with van der Waals surface area (Å²) in [7, 11) is 0. The van der Waals surface area contributed by atoms with Gasteiger partial charge in [-0.1, -0.05) is 19.9 Å². The monoisotopic (exact) mass is 316 g/mol. The van der Waals surface area contributed by atoms with Crippen LogP contribution >= 0.6 is 0 Å². The summed E-state index contributed by atoms with van der Waals surface area (Å²) in [5.41, 5.74) is 0.847. The minimum absolute atomic E-state index is 0.0976. The highest BCUT2D eigenvalue weighted by molar-refractivity contribution is 5.82. The molecule has 2 atom stereocenters. The van der Waals surface area contributed by atoms with Gasteiger partial charge in [0.2, 0.25) is 5.91 Å². The van der Waals surface area contributed by atoms with Crippen LogP contribution in [-0.2, 0) is 4.79 Å². The molecule has 1 aromatic rings. The number of amides is 3. The van der Waals surface area contributed by atoms with E-state index in [-0.39, 0.29) is 29.9 Å². The maximum Gasteiger partial charge on any atom is 0.315 e. The summed E-state index contributed by atoms with van der Waals surface area (Å²) in [5.74, 6) is 0.381. The molecule has 0 aromatic carbocycles. The zero-order chi connectivity index (χ0) is 16.4. The van der Waals surface area contributed by atoms with Crippen LogP contribution in [0.1, 0.15) is 44.8 Å². The minimum Gasteiger partial charge on any atom is -0.338 e. The van der Waals surface area contributed by atoms with Crippen LogP contribution in [-0.4, -0.2) is 40.5 Å². The van der Waals surface area contributed by atoms with Crippen molar-refractivity contribution in [2.75, 3.05) is 6.54 Å². The van der Waals surface area contributed by atoms with E-state index >= 15 is 0 Å². The summed E-state index contributed by atoms with van der Waals surface area (Å²) >= 11 is 0. The molecule has 1 aromatic heterocycles. The quantitative estimate of drug-likeness (QED) is 0.870. The van der Waals surface area contributed by atoms with E-state index < -0.39 is 0 Å². The van der Waals surface area contributed by atoms with Gasteiger partial charge in [0.05, 0.1) is 17.8 Å². The smallest absolute Gasteiger partial charge is 0.315 e. The Bertz CT molecular complexity index is 571. The lowest BCUT2D eigenvalue weighted by Crippen LogP contribution is -2.45. The second-order valence-corrected chi connectivity index (χ2v) is 6.77. The molecule has 0 unspecified atom stereocenters. The Morgan fingerprint density at radius 2 is 2.13 bits per heavy atom. The fraction of sp³-hybridized carbons (Fsp3) is 0.588. The Morgan fingerprint density at radius 1 is 1.35 bits per heavy atom. The van der Waals surface area contributed by atoms with Gasteiger partial charge in [0.1, 0.15) is 0 Å². The molecule has 2 heterocycles. The fourth-order valence-corrected chi connectivity index (χ4v) is 3.08. The summed E-state index contributed by atoms with van der Waals surface area (Å²) < 4.78 is 0. The van der Waals surface area contributed by atoms with Crippen molar-refractivity contribution in [2.45, 2.75) is 51.2 Å². The van der Waals surface area contributed by atoms with Crippen LogP contribution in [0.15, 0.2) is 24.4 Å². The summed E-state index contributed by atoms with van der Waals surface area (Å²) in [6.07, 6.45) is 4.33. The maximum absolute atomic E-state index is 12.3. The van der Waals surface area contributed by atoms with Crippen molar-refractivity contribution in [3.8, 4) is 0 Å². The van der Waals surface area contributed by atoms with Gasteiger partial charge in [0.15, 0.2) is 0 Å². The average molecular weight is 316 g/mol. The van der Waals surface area contributed by atoms with E-state index in [2.05, 4.69) is 15.6 Å². The van der Waals surface area contributed by atoms with Crippen LogP contribution in [0, 0.1) is 5.92 Å². The third kappa shape index (κ3) is 3.81. The lowest BCUT2D eigenvalue weighted by Gasteiger charge is -2.23. The molecule has 6 nitrogen and oxygen atoms in total. The van der Waals surface area contributed by atoms with E-state index in [1.54, 1.807) is 6.20 Å². The number of nitrogens with one attached hydrogen (secondary N) is 2. The van der Waals surface area contributed by atoms with E-state index in [1.165, 1.54) is 0 Å². The molecule has 3 rings (SSSR count). The molecule has 2 N–H and O–H groups in total. The summed E-state index contributed by atoms with van der Waals surface area (Å²) in [4.78, 5) is 30.5. The molecule has 2 aliphatic rings. The Morgan fingerprint density at radius 3 is 2.74 bits per heavy atom. The van der Waals surface area contributed by atoms with Crippen molar-refractivity contribution in [2.24, 2.45) is 5.92 Å². The van der Waals surface area contributed by atoms with Crippen LogP contribution in [0.4, 0.5) is 4.79 Å². The fourth-order valence-electron chi connectivity index (χ4n) is 3.08. The number of hydrogen-bond acceptors (Lipinski definition) is 3. The van der Waals surface area contributed by atoms with E-state index in [1.807, 2.05) is 36.9 Å². The Balaban J connectivity index is 1.56. The molecule has 23 heavy (non-hydrogen) atoms. The normalized spacial score (nSPS) is 22.3. The van der Waals surface area contributed by atoms with E-state index in [0.717, 1.165) is 18.5 Å². The first-order valence-corrected chi connectivity index (χ1v) is 8.32. The molecular weight excluding hydrogens is 292 g/mol. The largest absolute Gasteiger partial charge is 0.338 e. The van der Waals surface area contributed by atoms with Gasteiger partial charge in [-0.15, -0.1) is 0 Å². The van der Waals surface area contributed by atoms with Crippen molar-refractivity contribution in [1.29, 1.82) is 0 Å². The second kappa shape index (κ2) is 6.56. The summed E-state index contributed by atoms with van der Waals surface area (Å²) in [6.45, 7) is 4.73. The first kappa shape index (κ1) is 15.8. The van der Waals surface area contributed by atoms with Crippen LogP contribution < -0.4 is 10.6 Å². The van der Waals surface area contributed by atoms with Crippen molar-refractivity contribution < 1.29 is 9.59 Å². The molecule has 6 heteroatoms. The molecular formula is C17H24N4O2. The minimum atomic E-state index is -0.232. The standard InChI is InChI=1S/C17H24N4O2/c1-11(2)16(14-5-3-4-8-18-14)20-17(23)19-12-9-15(22)21(10-12)13-6-7-13/h3-5,8,11-13,16H,6-7,9-10H2,1-2H3,(H2,19,20,23)/t12-,16-/m0/s1. The first-order chi connectivity index (χ1) is 11.0. The third-order valence-corrected chi connectivity index (χ3v) is 4.44. The van der Waals surface area contributed by atoms with Gasteiger partial charge in [0, 0.05) is 25.2 Å². The van der Waals surface area contributed by atoms with Crippen LogP contribution in [0.25, 0.3) is 0 Å². The number of carbonyl (C=O) groups is 2. The van der Waals surface area contributed by atoms with Crippen molar-refractivity contribution in [3.63, 3.8) is 0 Å². The molecule has 2 fully saturated rings. The number of urea groups is 1. The van der Waals surface area contributed by atoms with E-state index in [0.29, 0.717) is 19.0 Å². The van der Waals surface area contributed by atoms with Crippen molar-refractivity contribution in [1.82, 2.24) is 20.5 Å². The molecule has 0 bridgehead atoms. The second-order valence-electron chi connectivity index (χ2n) is 6.77. The SMILES string of the molecule is CC(C)[C@H](NC(=O)N[C@H]1CC(=O)N(C2CC2)C1)c1ccccn1. The molecule has 1 aliphatic carbocycles. The lowest BCUT2D eigenvalue weighted by atomic mass is 10.0. The number of carbonyl (C=O) groups excluding carboxylic acids is 2. The highest BCUT2D eigenvalue weighted by Gasteiger charge is 2.39. The Kier molecular flexibility index (Phi) is 4.50. The maximum atomic E-state index is 12.3. The van der Waals surface area contributed by atoms with Gasteiger partial charge in [0.25, 0.3) is 0 Å². The molecule has 0 spiro atoms. The number of nitrogens with zero attached hydrogens (tertiary/aromatic N) is 2. The van der Waals surface area contributed by atoms with Crippen molar-refractivity contribution in [3.05, 3.63) is 30.1 Å². The number of hydrogen-bond donors (Lipinski definition) is 2. The molecule has 124 valence electrons. The van der Waals surface area contributed by atoms with Gasteiger partial charge in [-0.25, -0.2) is 4.79 Å². The van der Waals surface area contributed by atoms with Crippen LogP contribution in [0.3, 0.4) is 0 Å². The predicted molar refractivity (Wildman–Crippen MR) is 86.6 cm³/mol. The zero-order valence-corrected chi connectivity index (χ0v) is 13.7. The zero-order valence-electron chi connectivity index (χ0n) is 13.7. The highest BCUT2D eigenvalue weighted by Crippen LogP contribution is 2.30. The highest BCUT2D eigenvalue weighted by atomic mass is 16.2. The predicted octanol–water partition coefficient (Wildman–Crippen LogP) is 1.84. The van der Waals surface area contributed by atoms with Crippen molar-refractivity contribution >= 4 is 11.9 Å². The van der Waals surface area contributed by atoms with Gasteiger partial charge in [-0.2, -0.15) is 0 Å². The lowest BCUT2D eigenvalue weighted by molar-refractivity contribution is -0.128. The summed E-state index contributed by atoms with van der Waals surface area (Å²) in [5, 5.41) is 5.93. The molecule has 3 amide bonds. The Labute approximate surface area is 136 Å². The van der Waals surface area contributed by atoms with Gasteiger partial charge in [-0.3, -0.25) is 9.78 Å². The Hall–Kier alpha value is -2.11. The van der Waals surface area contributed by atoms with Gasteiger partial charge in [-0.05, 0) is 30.9 Å². The van der Waals surface area contributed by atoms with Crippen LogP contribution in [0.2, 0.25) is 0 Å². The van der Waals surface area contributed by atoms with E-state index in [4.69, 9.17) is 0 Å². The third-order valence-electron chi connectivity index (χ3n) is 4.44. The molecule has 0 radical (unpaired) electrons. The van der Waals surface area contributed by atoms with Crippen LogP contribution in [0.5, 0.6) is 0 Å². The number of pyridine rings is 1. The van der Waals surface area contributed by atoms with Gasteiger partial charge < -0.3 is 15.5 Å². The summed E-state index contributed by atoms with van der Waals surface area (Å²) in [6, 6.07) is 5.63. The molecule has 1 aliphatic heterocycles.